The number of non-ortho nitro benzene ring substituents is 1. The second-order valence-corrected chi connectivity index (χ2v) is 3.62. The van der Waals surface area contributed by atoms with Crippen molar-refractivity contribution >= 4 is 17.1 Å². The molecule has 0 aliphatic heterocycles. The quantitative estimate of drug-likeness (QED) is 0.648. The highest BCUT2D eigenvalue weighted by molar-refractivity contribution is 5.62. The van der Waals surface area contributed by atoms with Crippen molar-refractivity contribution in [2.24, 2.45) is 0 Å². The fourth-order valence-electron chi connectivity index (χ4n) is 1.49. The summed E-state index contributed by atoms with van der Waals surface area (Å²) >= 11 is 0. The van der Waals surface area contributed by atoms with Gasteiger partial charge < -0.3 is 5.32 Å². The standard InChI is InChI=1S/C12H11N3O2/c1-9-7-11(5-6-13-9)14-10-3-2-4-12(8-10)15(16)17/h2-8H,1H3,(H,13,14). The lowest BCUT2D eigenvalue weighted by Crippen LogP contribution is -1.93. The number of nitrogens with zero attached hydrogens (tertiary/aromatic N) is 2. The first-order valence-electron chi connectivity index (χ1n) is 5.09. The van der Waals surface area contributed by atoms with Gasteiger partial charge in [0.25, 0.3) is 5.69 Å². The van der Waals surface area contributed by atoms with Crippen LogP contribution in [0.3, 0.4) is 0 Å². The first kappa shape index (κ1) is 11.1. The summed E-state index contributed by atoms with van der Waals surface area (Å²) < 4.78 is 0. The lowest BCUT2D eigenvalue weighted by atomic mass is 10.2. The predicted octanol–water partition coefficient (Wildman–Crippen LogP) is 3.04. The molecular weight excluding hydrogens is 218 g/mol. The highest BCUT2D eigenvalue weighted by Gasteiger charge is 2.05. The maximum Gasteiger partial charge on any atom is 0.271 e. The van der Waals surface area contributed by atoms with Crippen LogP contribution in [0, 0.1) is 17.0 Å². The van der Waals surface area contributed by atoms with Crippen molar-refractivity contribution in [3.63, 3.8) is 0 Å². The molecule has 0 aliphatic rings. The molecule has 1 N–H and O–H groups in total. The SMILES string of the molecule is Cc1cc(Nc2cccc([N+](=O)[O-])c2)ccn1. The molecule has 0 spiro atoms. The van der Waals surface area contributed by atoms with E-state index in [2.05, 4.69) is 10.3 Å². The molecule has 0 radical (unpaired) electrons. The van der Waals surface area contributed by atoms with Gasteiger partial charge in [0.05, 0.1) is 4.92 Å². The van der Waals surface area contributed by atoms with Crippen LogP contribution in [0.5, 0.6) is 0 Å². The molecule has 0 saturated carbocycles. The maximum atomic E-state index is 10.6. The van der Waals surface area contributed by atoms with Crippen LogP contribution in [-0.4, -0.2) is 9.91 Å². The molecule has 2 rings (SSSR count). The van der Waals surface area contributed by atoms with Gasteiger partial charge in [-0.2, -0.15) is 0 Å². The Labute approximate surface area is 98.3 Å². The van der Waals surface area contributed by atoms with Gasteiger partial charge in [-0.05, 0) is 25.1 Å². The normalized spacial score (nSPS) is 9.94. The average Bonchev–Trinajstić information content (AvgIpc) is 2.29. The Hall–Kier alpha value is -2.43. The fraction of sp³-hybridized carbons (Fsp3) is 0.0833. The molecule has 0 aliphatic carbocycles. The molecule has 5 heteroatoms. The van der Waals surface area contributed by atoms with E-state index in [-0.39, 0.29) is 5.69 Å². The number of hydrogen-bond acceptors (Lipinski definition) is 4. The number of nitro benzene ring substituents is 1. The molecule has 0 bridgehead atoms. The molecule has 2 aromatic rings. The van der Waals surface area contributed by atoms with Crippen LogP contribution in [0.2, 0.25) is 0 Å². The monoisotopic (exact) mass is 229 g/mol. The van der Waals surface area contributed by atoms with Crippen molar-refractivity contribution in [1.82, 2.24) is 4.98 Å². The van der Waals surface area contributed by atoms with E-state index in [4.69, 9.17) is 0 Å². The summed E-state index contributed by atoms with van der Waals surface area (Å²) in [7, 11) is 0. The van der Waals surface area contributed by atoms with Gasteiger partial charge in [-0.15, -0.1) is 0 Å². The summed E-state index contributed by atoms with van der Waals surface area (Å²) in [6, 6.07) is 10.1. The average molecular weight is 229 g/mol. The Bertz CT molecular complexity index is 555. The van der Waals surface area contributed by atoms with Gasteiger partial charge in [0, 0.05) is 35.4 Å². The minimum Gasteiger partial charge on any atom is -0.355 e. The highest BCUT2D eigenvalue weighted by Crippen LogP contribution is 2.21. The van der Waals surface area contributed by atoms with Crippen molar-refractivity contribution in [2.45, 2.75) is 6.92 Å². The summed E-state index contributed by atoms with van der Waals surface area (Å²) in [5.74, 6) is 0. The summed E-state index contributed by atoms with van der Waals surface area (Å²) in [6.07, 6.45) is 1.69. The topological polar surface area (TPSA) is 68.1 Å². The molecule has 0 fully saturated rings. The lowest BCUT2D eigenvalue weighted by molar-refractivity contribution is -0.384. The molecule has 1 aromatic heterocycles. The smallest absolute Gasteiger partial charge is 0.271 e. The van der Waals surface area contributed by atoms with E-state index < -0.39 is 4.92 Å². The zero-order valence-corrected chi connectivity index (χ0v) is 9.25. The maximum absolute atomic E-state index is 10.6. The Kier molecular flexibility index (Phi) is 3.00. The molecule has 0 atom stereocenters. The van der Waals surface area contributed by atoms with E-state index in [9.17, 15) is 10.1 Å². The number of hydrogen-bond donors (Lipinski definition) is 1. The summed E-state index contributed by atoms with van der Waals surface area (Å²) in [6.45, 7) is 1.89. The number of anilines is 2. The number of aromatic nitrogens is 1. The van der Waals surface area contributed by atoms with Gasteiger partial charge in [-0.1, -0.05) is 6.07 Å². The van der Waals surface area contributed by atoms with Crippen LogP contribution in [0.15, 0.2) is 42.6 Å². The number of rotatable bonds is 3. The lowest BCUT2D eigenvalue weighted by Gasteiger charge is -2.06. The van der Waals surface area contributed by atoms with E-state index in [0.29, 0.717) is 5.69 Å². The number of benzene rings is 1. The summed E-state index contributed by atoms with van der Waals surface area (Å²) in [5, 5.41) is 13.7. The fourth-order valence-corrected chi connectivity index (χ4v) is 1.49. The van der Waals surface area contributed by atoms with Gasteiger partial charge in [0.15, 0.2) is 0 Å². The third-order valence-electron chi connectivity index (χ3n) is 2.24. The highest BCUT2D eigenvalue weighted by atomic mass is 16.6. The first-order chi connectivity index (χ1) is 8.15. The van der Waals surface area contributed by atoms with Crippen molar-refractivity contribution in [1.29, 1.82) is 0 Å². The molecule has 5 nitrogen and oxygen atoms in total. The van der Waals surface area contributed by atoms with Crippen molar-refractivity contribution in [3.8, 4) is 0 Å². The zero-order valence-electron chi connectivity index (χ0n) is 9.25. The third-order valence-corrected chi connectivity index (χ3v) is 2.24. The Morgan fingerprint density at radius 1 is 1.24 bits per heavy atom. The second-order valence-electron chi connectivity index (χ2n) is 3.62. The molecular formula is C12H11N3O2. The van der Waals surface area contributed by atoms with Gasteiger partial charge in [0.1, 0.15) is 0 Å². The summed E-state index contributed by atoms with van der Waals surface area (Å²) in [5.41, 5.74) is 2.50. The van der Waals surface area contributed by atoms with E-state index in [0.717, 1.165) is 11.4 Å². The van der Waals surface area contributed by atoms with Gasteiger partial charge >= 0.3 is 0 Å². The molecule has 1 aromatic carbocycles. The van der Waals surface area contributed by atoms with Crippen molar-refractivity contribution in [3.05, 3.63) is 58.4 Å². The molecule has 0 unspecified atom stereocenters. The minimum absolute atomic E-state index is 0.0702. The van der Waals surface area contributed by atoms with Gasteiger partial charge in [0.2, 0.25) is 0 Å². The zero-order chi connectivity index (χ0) is 12.3. The minimum atomic E-state index is -0.414. The van der Waals surface area contributed by atoms with Crippen LogP contribution in [0.1, 0.15) is 5.69 Å². The van der Waals surface area contributed by atoms with Gasteiger partial charge in [-0.3, -0.25) is 15.1 Å². The molecule has 86 valence electrons. The number of aryl methyl sites for hydroxylation is 1. The number of nitrogens with one attached hydrogen (secondary N) is 1. The van der Waals surface area contributed by atoms with Gasteiger partial charge in [-0.25, -0.2) is 0 Å². The Balaban J connectivity index is 2.24. The van der Waals surface area contributed by atoms with E-state index in [1.165, 1.54) is 12.1 Å². The molecule has 0 amide bonds. The predicted molar refractivity (Wildman–Crippen MR) is 65.4 cm³/mol. The van der Waals surface area contributed by atoms with Crippen LogP contribution in [-0.2, 0) is 0 Å². The largest absolute Gasteiger partial charge is 0.355 e. The number of nitro groups is 1. The van der Waals surface area contributed by atoms with Crippen LogP contribution >= 0.6 is 0 Å². The Morgan fingerprint density at radius 3 is 2.71 bits per heavy atom. The van der Waals surface area contributed by atoms with Crippen LogP contribution in [0.4, 0.5) is 17.1 Å². The first-order valence-corrected chi connectivity index (χ1v) is 5.09. The Morgan fingerprint density at radius 2 is 2.00 bits per heavy atom. The molecule has 1 heterocycles. The number of pyridine rings is 1. The molecule has 17 heavy (non-hydrogen) atoms. The van der Waals surface area contributed by atoms with E-state index in [1.807, 2.05) is 19.1 Å². The second kappa shape index (κ2) is 4.61. The van der Waals surface area contributed by atoms with E-state index in [1.54, 1.807) is 18.3 Å². The molecule has 0 saturated heterocycles. The van der Waals surface area contributed by atoms with Crippen LogP contribution in [0.25, 0.3) is 0 Å². The van der Waals surface area contributed by atoms with Crippen molar-refractivity contribution < 1.29 is 4.92 Å². The van der Waals surface area contributed by atoms with Crippen LogP contribution < -0.4 is 5.32 Å². The third kappa shape index (κ3) is 2.78. The summed E-state index contributed by atoms with van der Waals surface area (Å²) in [4.78, 5) is 14.3. The van der Waals surface area contributed by atoms with Crippen molar-refractivity contribution in [2.75, 3.05) is 5.32 Å². The van der Waals surface area contributed by atoms with E-state index >= 15 is 0 Å².